The van der Waals surface area contributed by atoms with Crippen molar-refractivity contribution < 1.29 is 4.39 Å². The van der Waals surface area contributed by atoms with Crippen molar-refractivity contribution in [1.29, 1.82) is 0 Å². The van der Waals surface area contributed by atoms with Crippen LogP contribution in [-0.2, 0) is 0 Å². The van der Waals surface area contributed by atoms with Gasteiger partial charge in [0.25, 0.3) is 0 Å². The number of hydrogen-bond donors (Lipinski definition) is 0. The number of aryl methyl sites for hydroxylation is 1. The maximum absolute atomic E-state index is 13.3. The number of rotatable bonds is 1. The molecule has 1 heterocycles. The second-order valence-electron chi connectivity index (χ2n) is 4.71. The Morgan fingerprint density at radius 2 is 2.00 bits per heavy atom. The van der Waals surface area contributed by atoms with Gasteiger partial charge < -0.3 is 4.90 Å². The Kier molecular flexibility index (Phi) is 3.10. The fraction of sp³-hybridized carbons (Fsp3) is 0.429. The second kappa shape index (κ2) is 4.38. The topological polar surface area (TPSA) is 3.24 Å². The first-order chi connectivity index (χ1) is 7.58. The van der Waals surface area contributed by atoms with E-state index >= 15 is 0 Å². The third kappa shape index (κ3) is 2.17. The SMILES string of the molecule is CC1=C(c2cc(F)ccc2C)CN(C)CC1. The molecular weight excluding hydrogens is 201 g/mol. The molecule has 2 rings (SSSR count). The number of halogens is 1. The predicted molar refractivity (Wildman–Crippen MR) is 65.8 cm³/mol. The Hall–Kier alpha value is -1.15. The van der Waals surface area contributed by atoms with Crippen LogP contribution in [0.25, 0.3) is 5.57 Å². The molecule has 1 nitrogen and oxygen atoms in total. The molecule has 86 valence electrons. The quantitative estimate of drug-likeness (QED) is 0.701. The smallest absolute Gasteiger partial charge is 0.123 e. The summed E-state index contributed by atoms with van der Waals surface area (Å²) >= 11 is 0. The van der Waals surface area contributed by atoms with Crippen molar-refractivity contribution in [3.63, 3.8) is 0 Å². The van der Waals surface area contributed by atoms with Gasteiger partial charge in [-0.25, -0.2) is 4.39 Å². The second-order valence-corrected chi connectivity index (χ2v) is 4.71. The van der Waals surface area contributed by atoms with Crippen LogP contribution in [0.5, 0.6) is 0 Å². The van der Waals surface area contributed by atoms with Crippen LogP contribution >= 0.6 is 0 Å². The highest BCUT2D eigenvalue weighted by Gasteiger charge is 2.16. The first-order valence-electron chi connectivity index (χ1n) is 5.71. The van der Waals surface area contributed by atoms with Crippen molar-refractivity contribution in [2.75, 3.05) is 20.1 Å². The van der Waals surface area contributed by atoms with Crippen molar-refractivity contribution in [3.8, 4) is 0 Å². The Balaban J connectivity index is 2.46. The van der Waals surface area contributed by atoms with E-state index in [4.69, 9.17) is 0 Å². The first kappa shape index (κ1) is 11.3. The molecule has 0 radical (unpaired) electrons. The van der Waals surface area contributed by atoms with Gasteiger partial charge in [-0.3, -0.25) is 0 Å². The van der Waals surface area contributed by atoms with Gasteiger partial charge in [-0.15, -0.1) is 0 Å². The summed E-state index contributed by atoms with van der Waals surface area (Å²) in [5, 5.41) is 0. The minimum Gasteiger partial charge on any atom is -0.302 e. The van der Waals surface area contributed by atoms with Crippen molar-refractivity contribution in [2.45, 2.75) is 20.3 Å². The normalized spacial score (nSPS) is 18.0. The minimum atomic E-state index is -0.144. The molecule has 0 atom stereocenters. The van der Waals surface area contributed by atoms with E-state index in [1.165, 1.54) is 17.2 Å². The molecule has 2 heteroatoms. The molecule has 0 aliphatic carbocycles. The molecule has 0 N–H and O–H groups in total. The van der Waals surface area contributed by atoms with Gasteiger partial charge in [0.05, 0.1) is 0 Å². The van der Waals surface area contributed by atoms with Gasteiger partial charge in [0.15, 0.2) is 0 Å². The highest BCUT2D eigenvalue weighted by molar-refractivity contribution is 5.72. The van der Waals surface area contributed by atoms with Gasteiger partial charge in [-0.05, 0) is 56.1 Å². The van der Waals surface area contributed by atoms with Gasteiger partial charge >= 0.3 is 0 Å². The van der Waals surface area contributed by atoms with Crippen LogP contribution < -0.4 is 0 Å². The monoisotopic (exact) mass is 219 g/mol. The van der Waals surface area contributed by atoms with Gasteiger partial charge in [-0.1, -0.05) is 11.6 Å². The van der Waals surface area contributed by atoms with Gasteiger partial charge in [-0.2, -0.15) is 0 Å². The summed E-state index contributed by atoms with van der Waals surface area (Å²) in [6.45, 7) is 6.23. The van der Waals surface area contributed by atoms with E-state index in [0.29, 0.717) is 0 Å². The van der Waals surface area contributed by atoms with E-state index in [1.807, 2.05) is 13.0 Å². The molecule has 0 fully saturated rings. The highest BCUT2D eigenvalue weighted by Crippen LogP contribution is 2.28. The van der Waals surface area contributed by atoms with Crippen LogP contribution in [-0.4, -0.2) is 25.0 Å². The average Bonchev–Trinajstić information content (AvgIpc) is 2.25. The van der Waals surface area contributed by atoms with Crippen molar-refractivity contribution in [1.82, 2.24) is 4.90 Å². The molecule has 0 unspecified atom stereocenters. The lowest BCUT2D eigenvalue weighted by atomic mass is 9.92. The van der Waals surface area contributed by atoms with E-state index in [0.717, 1.165) is 30.6 Å². The van der Waals surface area contributed by atoms with Crippen LogP contribution in [0.3, 0.4) is 0 Å². The molecule has 0 bridgehead atoms. The summed E-state index contributed by atoms with van der Waals surface area (Å²) in [5.74, 6) is -0.144. The van der Waals surface area contributed by atoms with Gasteiger partial charge in [0, 0.05) is 13.1 Å². The molecule has 1 aromatic rings. The lowest BCUT2D eigenvalue weighted by Crippen LogP contribution is -2.27. The Labute approximate surface area is 96.6 Å². The molecular formula is C14H18FN. The highest BCUT2D eigenvalue weighted by atomic mass is 19.1. The summed E-state index contributed by atoms with van der Waals surface area (Å²) in [6, 6.07) is 5.05. The van der Waals surface area contributed by atoms with E-state index in [2.05, 4.69) is 18.9 Å². The van der Waals surface area contributed by atoms with Gasteiger partial charge in [0.1, 0.15) is 5.82 Å². The molecule has 0 amide bonds. The maximum atomic E-state index is 13.3. The standard InChI is InChI=1S/C14H18FN/c1-10-4-5-12(15)8-13(10)14-9-16(3)7-6-11(14)2/h4-5,8H,6-7,9H2,1-3H3. The van der Waals surface area contributed by atoms with Crippen LogP contribution in [0.1, 0.15) is 24.5 Å². The van der Waals surface area contributed by atoms with Crippen LogP contribution in [0.2, 0.25) is 0 Å². The van der Waals surface area contributed by atoms with E-state index in [-0.39, 0.29) is 5.82 Å². The fourth-order valence-corrected chi connectivity index (χ4v) is 2.23. The maximum Gasteiger partial charge on any atom is 0.123 e. The zero-order valence-corrected chi connectivity index (χ0v) is 10.2. The van der Waals surface area contributed by atoms with Crippen LogP contribution in [0, 0.1) is 12.7 Å². The summed E-state index contributed by atoms with van der Waals surface area (Å²) in [6.07, 6.45) is 1.09. The van der Waals surface area contributed by atoms with Crippen molar-refractivity contribution >= 4 is 5.57 Å². The van der Waals surface area contributed by atoms with Crippen molar-refractivity contribution in [3.05, 3.63) is 40.7 Å². The number of hydrogen-bond acceptors (Lipinski definition) is 1. The summed E-state index contributed by atoms with van der Waals surface area (Å²) in [5.41, 5.74) is 4.92. The molecule has 0 aromatic heterocycles. The summed E-state index contributed by atoms with van der Waals surface area (Å²) in [7, 11) is 2.11. The zero-order valence-electron chi connectivity index (χ0n) is 10.2. The first-order valence-corrected chi connectivity index (χ1v) is 5.71. The molecule has 0 spiro atoms. The molecule has 1 aliphatic heterocycles. The number of likely N-dealkylation sites (N-methyl/N-ethyl adjacent to an activating group) is 1. The predicted octanol–water partition coefficient (Wildman–Crippen LogP) is 3.24. The average molecular weight is 219 g/mol. The number of benzene rings is 1. The van der Waals surface area contributed by atoms with E-state index in [1.54, 1.807) is 6.07 Å². The third-order valence-electron chi connectivity index (χ3n) is 3.34. The van der Waals surface area contributed by atoms with E-state index < -0.39 is 0 Å². The van der Waals surface area contributed by atoms with E-state index in [9.17, 15) is 4.39 Å². The molecule has 1 aromatic carbocycles. The molecule has 1 aliphatic rings. The lowest BCUT2D eigenvalue weighted by Gasteiger charge is -2.27. The number of nitrogens with zero attached hydrogens (tertiary/aromatic N) is 1. The molecule has 0 saturated carbocycles. The molecule has 16 heavy (non-hydrogen) atoms. The third-order valence-corrected chi connectivity index (χ3v) is 3.34. The lowest BCUT2D eigenvalue weighted by molar-refractivity contribution is 0.366. The van der Waals surface area contributed by atoms with Crippen molar-refractivity contribution in [2.24, 2.45) is 0 Å². The van der Waals surface area contributed by atoms with Crippen LogP contribution in [0.15, 0.2) is 23.8 Å². The minimum absolute atomic E-state index is 0.144. The molecule has 0 saturated heterocycles. The zero-order chi connectivity index (χ0) is 11.7. The summed E-state index contributed by atoms with van der Waals surface area (Å²) < 4.78 is 13.3. The summed E-state index contributed by atoms with van der Waals surface area (Å²) in [4.78, 5) is 2.28. The van der Waals surface area contributed by atoms with Gasteiger partial charge in [0.2, 0.25) is 0 Å². The van der Waals surface area contributed by atoms with Crippen LogP contribution in [0.4, 0.5) is 4.39 Å². The Bertz CT molecular complexity index is 434. The Morgan fingerprint density at radius 1 is 1.25 bits per heavy atom. The fourth-order valence-electron chi connectivity index (χ4n) is 2.23. The Morgan fingerprint density at radius 3 is 2.75 bits per heavy atom. The largest absolute Gasteiger partial charge is 0.302 e.